The third-order valence-corrected chi connectivity index (χ3v) is 2.51. The minimum atomic E-state index is -0.446. The number of benzene rings is 1. The van der Waals surface area contributed by atoms with Crippen LogP contribution in [0.15, 0.2) is 41.7 Å². The average molecular weight is 261 g/mol. The van der Waals surface area contributed by atoms with E-state index in [0.29, 0.717) is 11.1 Å². The molecule has 0 saturated carbocycles. The van der Waals surface area contributed by atoms with E-state index in [1.165, 1.54) is 18.3 Å². The van der Waals surface area contributed by atoms with Crippen LogP contribution in [-0.4, -0.2) is 16.0 Å². The first-order chi connectivity index (χ1) is 9.11. The first kappa shape index (κ1) is 12.8. The molecule has 0 aliphatic rings. The lowest BCUT2D eigenvalue weighted by Crippen LogP contribution is -2.13. The summed E-state index contributed by atoms with van der Waals surface area (Å²) in [5, 5.41) is 11.5. The summed E-state index contributed by atoms with van der Waals surface area (Å²) in [6, 6.07) is 7.83. The van der Waals surface area contributed by atoms with Crippen LogP contribution < -0.4 is 10.5 Å². The highest BCUT2D eigenvalue weighted by atomic mass is 19.1. The van der Waals surface area contributed by atoms with Gasteiger partial charge in [-0.3, -0.25) is 0 Å². The summed E-state index contributed by atoms with van der Waals surface area (Å²) in [6.45, 7) is 1.64. The normalized spacial score (nSPS) is 11.4. The predicted octanol–water partition coefficient (Wildman–Crippen LogP) is 2.42. The molecule has 19 heavy (non-hydrogen) atoms. The molecule has 0 aliphatic heterocycles. The van der Waals surface area contributed by atoms with Crippen molar-refractivity contribution in [1.29, 1.82) is 0 Å². The summed E-state index contributed by atoms with van der Waals surface area (Å²) in [5.74, 6) is -0.284. The van der Waals surface area contributed by atoms with Crippen LogP contribution in [0.5, 0.6) is 11.6 Å². The number of hydrogen-bond donors (Lipinski definition) is 2. The lowest BCUT2D eigenvalue weighted by atomic mass is 10.2. The molecule has 0 spiro atoms. The number of nitrogens with two attached hydrogens (primary N) is 1. The highest BCUT2D eigenvalue weighted by Crippen LogP contribution is 2.25. The third kappa shape index (κ3) is 2.79. The predicted molar refractivity (Wildman–Crippen MR) is 68.0 cm³/mol. The maximum Gasteiger partial charge on any atom is 0.220 e. The smallest absolute Gasteiger partial charge is 0.220 e. The van der Waals surface area contributed by atoms with Crippen molar-refractivity contribution in [2.45, 2.75) is 6.92 Å². The molecule has 0 fully saturated rings. The monoisotopic (exact) mass is 261 g/mol. The minimum Gasteiger partial charge on any atom is -0.436 e. The summed E-state index contributed by atoms with van der Waals surface area (Å²) >= 11 is 0. The van der Waals surface area contributed by atoms with Gasteiger partial charge in [0.1, 0.15) is 0 Å². The number of amidine groups is 1. The van der Waals surface area contributed by atoms with Crippen LogP contribution in [0.3, 0.4) is 0 Å². The van der Waals surface area contributed by atoms with Gasteiger partial charge in [0.05, 0.1) is 0 Å². The van der Waals surface area contributed by atoms with Crippen molar-refractivity contribution in [3.63, 3.8) is 0 Å². The molecule has 0 aliphatic carbocycles. The van der Waals surface area contributed by atoms with Crippen LogP contribution in [0.2, 0.25) is 0 Å². The van der Waals surface area contributed by atoms with Gasteiger partial charge in [-0.2, -0.15) is 0 Å². The van der Waals surface area contributed by atoms with Crippen LogP contribution in [0.4, 0.5) is 4.39 Å². The largest absolute Gasteiger partial charge is 0.436 e. The Bertz CT molecular complexity index is 629. The molecule has 0 atom stereocenters. The van der Waals surface area contributed by atoms with Crippen LogP contribution >= 0.6 is 0 Å². The summed E-state index contributed by atoms with van der Waals surface area (Å²) in [6.07, 6.45) is 1.43. The number of aryl methyl sites for hydroxylation is 1. The quantitative estimate of drug-likeness (QED) is 0.385. The van der Waals surface area contributed by atoms with E-state index in [0.717, 1.165) is 0 Å². The topological polar surface area (TPSA) is 80.7 Å². The van der Waals surface area contributed by atoms with E-state index in [-0.39, 0.29) is 17.5 Å². The van der Waals surface area contributed by atoms with Crippen molar-refractivity contribution in [3.8, 4) is 11.6 Å². The van der Waals surface area contributed by atoms with Crippen LogP contribution in [-0.2, 0) is 0 Å². The molecule has 0 unspecified atom stereocenters. The van der Waals surface area contributed by atoms with E-state index in [9.17, 15) is 4.39 Å². The van der Waals surface area contributed by atoms with Crippen LogP contribution in [0.25, 0.3) is 0 Å². The molecular weight excluding hydrogens is 249 g/mol. The van der Waals surface area contributed by atoms with Crippen molar-refractivity contribution >= 4 is 5.84 Å². The lowest BCUT2D eigenvalue weighted by molar-refractivity contribution is 0.318. The van der Waals surface area contributed by atoms with Gasteiger partial charge < -0.3 is 15.7 Å². The molecule has 1 aromatic carbocycles. The van der Waals surface area contributed by atoms with Crippen molar-refractivity contribution in [3.05, 3.63) is 53.5 Å². The molecule has 0 saturated heterocycles. The first-order valence-electron chi connectivity index (χ1n) is 5.48. The van der Waals surface area contributed by atoms with E-state index in [1.807, 2.05) is 0 Å². The number of rotatable bonds is 3. The van der Waals surface area contributed by atoms with E-state index >= 15 is 0 Å². The Labute approximate surface area is 109 Å². The highest BCUT2D eigenvalue weighted by Gasteiger charge is 2.09. The fraction of sp³-hybridized carbons (Fsp3) is 0.0769. The molecule has 98 valence electrons. The van der Waals surface area contributed by atoms with Crippen LogP contribution in [0.1, 0.15) is 11.1 Å². The molecule has 1 heterocycles. The Morgan fingerprint density at radius 2 is 2.21 bits per heavy atom. The number of oxime groups is 1. The maximum absolute atomic E-state index is 13.8. The Kier molecular flexibility index (Phi) is 3.61. The molecule has 2 rings (SSSR count). The average Bonchev–Trinajstić information content (AvgIpc) is 2.43. The van der Waals surface area contributed by atoms with E-state index < -0.39 is 5.82 Å². The molecular formula is C13H12FN3O2. The molecule has 6 heteroatoms. The van der Waals surface area contributed by atoms with Crippen molar-refractivity contribution < 1.29 is 14.3 Å². The van der Waals surface area contributed by atoms with Gasteiger partial charge in [-0.1, -0.05) is 17.3 Å². The third-order valence-electron chi connectivity index (χ3n) is 2.51. The highest BCUT2D eigenvalue weighted by molar-refractivity contribution is 5.97. The summed E-state index contributed by atoms with van der Waals surface area (Å²) < 4.78 is 19.1. The zero-order valence-electron chi connectivity index (χ0n) is 10.2. The van der Waals surface area contributed by atoms with Gasteiger partial charge in [0.15, 0.2) is 17.4 Å². The van der Waals surface area contributed by atoms with E-state index in [2.05, 4.69) is 10.1 Å². The van der Waals surface area contributed by atoms with E-state index in [4.69, 9.17) is 15.7 Å². The molecule has 5 nitrogen and oxygen atoms in total. The number of hydrogen-bond acceptors (Lipinski definition) is 4. The second-order valence-corrected chi connectivity index (χ2v) is 3.86. The Morgan fingerprint density at radius 3 is 2.95 bits per heavy atom. The first-order valence-corrected chi connectivity index (χ1v) is 5.48. The molecule has 3 N–H and O–H groups in total. The van der Waals surface area contributed by atoms with Crippen molar-refractivity contribution in [2.24, 2.45) is 10.9 Å². The Morgan fingerprint density at radius 1 is 1.42 bits per heavy atom. The zero-order chi connectivity index (χ0) is 13.8. The fourth-order valence-corrected chi connectivity index (χ4v) is 1.49. The van der Waals surface area contributed by atoms with Gasteiger partial charge in [0.2, 0.25) is 5.88 Å². The SMILES string of the molecule is Cc1cccc(Oc2cc(/C(N)=N/O)ccn2)c1F. The van der Waals surface area contributed by atoms with Crippen molar-refractivity contribution in [2.75, 3.05) is 0 Å². The summed E-state index contributed by atoms with van der Waals surface area (Å²) in [4.78, 5) is 3.94. The standard InChI is InChI=1S/C13H12FN3O2/c1-8-3-2-4-10(12(8)14)19-11-7-9(5-6-16-11)13(15)17-18/h2-7,18H,1H3,(H2,15,17). The second-order valence-electron chi connectivity index (χ2n) is 3.86. The van der Waals surface area contributed by atoms with Gasteiger partial charge >= 0.3 is 0 Å². The number of nitrogens with zero attached hydrogens (tertiary/aromatic N) is 2. The van der Waals surface area contributed by atoms with Crippen molar-refractivity contribution in [1.82, 2.24) is 4.98 Å². The lowest BCUT2D eigenvalue weighted by Gasteiger charge is -2.08. The Balaban J connectivity index is 2.31. The van der Waals surface area contributed by atoms with Gasteiger partial charge in [0, 0.05) is 17.8 Å². The van der Waals surface area contributed by atoms with Gasteiger partial charge in [-0.15, -0.1) is 0 Å². The maximum atomic E-state index is 13.8. The summed E-state index contributed by atoms with van der Waals surface area (Å²) in [7, 11) is 0. The van der Waals surface area contributed by atoms with Crippen LogP contribution in [0, 0.1) is 12.7 Å². The van der Waals surface area contributed by atoms with Gasteiger partial charge in [-0.05, 0) is 24.6 Å². The molecule has 0 bridgehead atoms. The fourth-order valence-electron chi connectivity index (χ4n) is 1.49. The molecule has 0 radical (unpaired) electrons. The second kappa shape index (κ2) is 5.34. The molecule has 2 aromatic rings. The number of halogens is 1. The minimum absolute atomic E-state index is 0.0723. The number of aromatic nitrogens is 1. The zero-order valence-corrected chi connectivity index (χ0v) is 10.2. The summed E-state index contributed by atoms with van der Waals surface area (Å²) in [5.41, 5.74) is 6.36. The number of pyridine rings is 1. The number of ether oxygens (including phenoxy) is 1. The van der Waals surface area contributed by atoms with Gasteiger partial charge in [-0.25, -0.2) is 9.37 Å². The molecule has 1 aromatic heterocycles. The molecule has 0 amide bonds. The van der Waals surface area contributed by atoms with E-state index in [1.54, 1.807) is 25.1 Å². The van der Waals surface area contributed by atoms with Gasteiger partial charge in [0.25, 0.3) is 0 Å². The Hall–Kier alpha value is -2.63.